The summed E-state index contributed by atoms with van der Waals surface area (Å²) in [7, 11) is 0. The van der Waals surface area contributed by atoms with E-state index in [0.29, 0.717) is 5.92 Å². The van der Waals surface area contributed by atoms with Crippen LogP contribution in [0.4, 0.5) is 5.69 Å². The van der Waals surface area contributed by atoms with Crippen LogP contribution in [0.3, 0.4) is 0 Å². The minimum Gasteiger partial charge on any atom is -0.339 e. The molecule has 0 spiro atoms. The number of hydrogen-bond donors (Lipinski definition) is 0. The summed E-state index contributed by atoms with van der Waals surface area (Å²) < 4.78 is 0. The molecule has 1 atom stereocenters. The normalized spacial score (nSPS) is 19.2. The third-order valence-corrected chi connectivity index (χ3v) is 3.49. The van der Waals surface area contributed by atoms with Gasteiger partial charge in [0.1, 0.15) is 0 Å². The third-order valence-electron chi connectivity index (χ3n) is 3.49. The fraction of sp³-hybridized carbons (Fsp3) is 0.400. The predicted octanol–water partition coefficient (Wildman–Crippen LogP) is 2.87. The Hall–Kier alpha value is -2.17. The van der Waals surface area contributed by atoms with Gasteiger partial charge in [0.15, 0.2) is 0 Å². The highest BCUT2D eigenvalue weighted by molar-refractivity contribution is 5.91. The summed E-state index contributed by atoms with van der Waals surface area (Å²) in [5, 5.41) is 10.5. The molecule has 20 heavy (non-hydrogen) atoms. The van der Waals surface area contributed by atoms with Crippen molar-refractivity contribution in [3.63, 3.8) is 0 Å². The van der Waals surface area contributed by atoms with Crippen LogP contribution in [0.25, 0.3) is 6.08 Å². The summed E-state index contributed by atoms with van der Waals surface area (Å²) in [6, 6.07) is 6.15. The number of carbonyl (C=O) groups is 1. The van der Waals surface area contributed by atoms with Crippen LogP contribution in [0.5, 0.6) is 0 Å². The van der Waals surface area contributed by atoms with Crippen LogP contribution in [-0.2, 0) is 4.79 Å². The lowest BCUT2D eigenvalue weighted by molar-refractivity contribution is -0.384. The molecule has 0 N–H and O–H groups in total. The second kappa shape index (κ2) is 6.32. The van der Waals surface area contributed by atoms with Crippen molar-refractivity contribution in [1.29, 1.82) is 0 Å². The Morgan fingerprint density at radius 2 is 2.10 bits per heavy atom. The van der Waals surface area contributed by atoms with Gasteiger partial charge in [0.05, 0.1) is 4.92 Å². The van der Waals surface area contributed by atoms with Crippen LogP contribution in [0.1, 0.15) is 25.3 Å². The highest BCUT2D eigenvalue weighted by atomic mass is 16.6. The summed E-state index contributed by atoms with van der Waals surface area (Å²) in [4.78, 5) is 24.0. The first kappa shape index (κ1) is 14.2. The Morgan fingerprint density at radius 1 is 1.40 bits per heavy atom. The quantitative estimate of drug-likeness (QED) is 0.483. The van der Waals surface area contributed by atoms with Crippen molar-refractivity contribution < 1.29 is 9.72 Å². The number of rotatable bonds is 3. The second-order valence-corrected chi connectivity index (χ2v) is 5.21. The van der Waals surface area contributed by atoms with E-state index in [9.17, 15) is 14.9 Å². The first-order valence-corrected chi connectivity index (χ1v) is 6.77. The molecule has 1 fully saturated rings. The van der Waals surface area contributed by atoms with Crippen molar-refractivity contribution in [2.75, 3.05) is 13.1 Å². The van der Waals surface area contributed by atoms with E-state index in [-0.39, 0.29) is 11.6 Å². The van der Waals surface area contributed by atoms with Crippen molar-refractivity contribution >= 4 is 17.7 Å². The SMILES string of the molecule is C[C@@H]1CCCN(C(=O)/C=C/c2ccc([N+](=O)[O-])cc2)C1. The maximum Gasteiger partial charge on any atom is 0.269 e. The van der Waals surface area contributed by atoms with Crippen molar-refractivity contribution in [1.82, 2.24) is 4.90 Å². The molecule has 1 aromatic rings. The zero-order valence-electron chi connectivity index (χ0n) is 11.5. The molecule has 2 rings (SSSR count). The molecule has 5 heteroatoms. The molecule has 1 amide bonds. The van der Waals surface area contributed by atoms with Crippen molar-refractivity contribution in [2.45, 2.75) is 19.8 Å². The Balaban J connectivity index is 1.97. The molecule has 1 aliphatic rings. The molecule has 0 aromatic heterocycles. The molecular weight excluding hydrogens is 256 g/mol. The lowest BCUT2D eigenvalue weighted by Gasteiger charge is -2.30. The number of amides is 1. The second-order valence-electron chi connectivity index (χ2n) is 5.21. The fourth-order valence-electron chi connectivity index (χ4n) is 2.37. The topological polar surface area (TPSA) is 63.5 Å². The summed E-state index contributed by atoms with van der Waals surface area (Å²) in [5.41, 5.74) is 0.840. The standard InChI is InChI=1S/C15H18N2O3/c1-12-3-2-10-16(11-12)15(18)9-6-13-4-7-14(8-5-13)17(19)20/h4-9,12H,2-3,10-11H2,1H3/b9-6+/t12-/m1/s1. The zero-order chi connectivity index (χ0) is 14.5. The van der Waals surface area contributed by atoms with E-state index in [4.69, 9.17) is 0 Å². The molecule has 0 unspecified atom stereocenters. The van der Waals surface area contributed by atoms with Gasteiger partial charge in [0.2, 0.25) is 5.91 Å². The lowest BCUT2D eigenvalue weighted by Crippen LogP contribution is -2.38. The van der Waals surface area contributed by atoms with Gasteiger partial charge in [-0.3, -0.25) is 14.9 Å². The van der Waals surface area contributed by atoms with Gasteiger partial charge in [-0.2, -0.15) is 0 Å². The monoisotopic (exact) mass is 274 g/mol. The highest BCUT2D eigenvalue weighted by Gasteiger charge is 2.18. The molecule has 0 radical (unpaired) electrons. The Morgan fingerprint density at radius 3 is 2.70 bits per heavy atom. The van der Waals surface area contributed by atoms with Crippen LogP contribution in [0, 0.1) is 16.0 Å². The van der Waals surface area contributed by atoms with E-state index in [0.717, 1.165) is 25.1 Å². The molecule has 5 nitrogen and oxygen atoms in total. The van der Waals surface area contributed by atoms with Crippen molar-refractivity contribution in [2.24, 2.45) is 5.92 Å². The molecule has 1 aromatic carbocycles. The summed E-state index contributed by atoms with van der Waals surface area (Å²) >= 11 is 0. The van der Waals surface area contributed by atoms with E-state index >= 15 is 0 Å². The van der Waals surface area contributed by atoms with Crippen LogP contribution in [-0.4, -0.2) is 28.8 Å². The van der Waals surface area contributed by atoms with Crippen molar-refractivity contribution in [3.8, 4) is 0 Å². The third kappa shape index (κ3) is 3.66. The molecular formula is C15H18N2O3. The minimum atomic E-state index is -0.437. The van der Waals surface area contributed by atoms with Gasteiger partial charge in [0, 0.05) is 31.3 Å². The number of non-ortho nitro benzene ring substituents is 1. The highest BCUT2D eigenvalue weighted by Crippen LogP contribution is 2.16. The van der Waals surface area contributed by atoms with Crippen LogP contribution in [0.15, 0.2) is 30.3 Å². The first-order valence-electron chi connectivity index (χ1n) is 6.77. The smallest absolute Gasteiger partial charge is 0.269 e. The molecule has 106 valence electrons. The summed E-state index contributed by atoms with van der Waals surface area (Å²) in [6.45, 7) is 3.77. The summed E-state index contributed by atoms with van der Waals surface area (Å²) in [6.07, 6.45) is 5.47. The Bertz CT molecular complexity index is 522. The van der Waals surface area contributed by atoms with Gasteiger partial charge < -0.3 is 4.90 Å². The van der Waals surface area contributed by atoms with E-state index in [1.54, 1.807) is 24.3 Å². The average molecular weight is 274 g/mol. The number of carbonyl (C=O) groups excluding carboxylic acids is 1. The van der Waals surface area contributed by atoms with Gasteiger partial charge in [-0.05, 0) is 42.5 Å². The van der Waals surface area contributed by atoms with Gasteiger partial charge in [-0.15, -0.1) is 0 Å². The van der Waals surface area contributed by atoms with Crippen LogP contribution >= 0.6 is 0 Å². The van der Waals surface area contributed by atoms with E-state index < -0.39 is 4.92 Å². The maximum absolute atomic E-state index is 12.0. The Labute approximate surface area is 118 Å². The number of nitro benzene ring substituents is 1. The minimum absolute atomic E-state index is 0.00917. The Kier molecular flexibility index (Phi) is 4.50. The number of likely N-dealkylation sites (tertiary alicyclic amines) is 1. The molecule has 0 bridgehead atoms. The van der Waals surface area contributed by atoms with E-state index in [1.807, 2.05) is 4.90 Å². The van der Waals surface area contributed by atoms with Crippen LogP contribution < -0.4 is 0 Å². The number of nitro groups is 1. The molecule has 0 saturated carbocycles. The van der Waals surface area contributed by atoms with Gasteiger partial charge in [-0.25, -0.2) is 0 Å². The van der Waals surface area contributed by atoms with Gasteiger partial charge in [0.25, 0.3) is 5.69 Å². The number of hydrogen-bond acceptors (Lipinski definition) is 3. The van der Waals surface area contributed by atoms with E-state index in [2.05, 4.69) is 6.92 Å². The van der Waals surface area contributed by atoms with E-state index in [1.165, 1.54) is 18.6 Å². The number of benzene rings is 1. The van der Waals surface area contributed by atoms with Crippen molar-refractivity contribution in [3.05, 3.63) is 46.0 Å². The van der Waals surface area contributed by atoms with Gasteiger partial charge >= 0.3 is 0 Å². The first-order chi connectivity index (χ1) is 9.56. The number of piperidine rings is 1. The molecule has 1 heterocycles. The van der Waals surface area contributed by atoms with Gasteiger partial charge in [-0.1, -0.05) is 6.92 Å². The fourth-order valence-corrected chi connectivity index (χ4v) is 2.37. The maximum atomic E-state index is 12.0. The molecule has 1 saturated heterocycles. The largest absolute Gasteiger partial charge is 0.339 e. The predicted molar refractivity (Wildman–Crippen MR) is 77.1 cm³/mol. The number of nitrogens with zero attached hydrogens (tertiary/aromatic N) is 2. The summed E-state index contributed by atoms with van der Waals surface area (Å²) in [5.74, 6) is 0.565. The molecule has 0 aliphatic carbocycles. The average Bonchev–Trinajstić information content (AvgIpc) is 2.45. The molecule has 1 aliphatic heterocycles. The van der Waals surface area contributed by atoms with Crippen LogP contribution in [0.2, 0.25) is 0 Å². The zero-order valence-corrected chi connectivity index (χ0v) is 11.5. The lowest BCUT2D eigenvalue weighted by atomic mass is 10.0.